The lowest BCUT2D eigenvalue weighted by molar-refractivity contribution is 0.114. The van der Waals surface area contributed by atoms with Crippen LogP contribution in [0.5, 0.6) is 5.75 Å². The molecule has 1 aromatic heterocycles. The van der Waals surface area contributed by atoms with Gasteiger partial charge in [-0.15, -0.1) is 0 Å². The number of methoxy groups -OCH3 is 1. The Morgan fingerprint density at radius 2 is 1.81 bits per heavy atom. The second-order valence-corrected chi connectivity index (χ2v) is 10.2. The summed E-state index contributed by atoms with van der Waals surface area (Å²) in [4.78, 5) is 4.43. The molecule has 1 aliphatic heterocycles. The van der Waals surface area contributed by atoms with Crippen LogP contribution in [-0.2, 0) is 14.8 Å². The highest BCUT2D eigenvalue weighted by Crippen LogP contribution is 2.32. The number of benzene rings is 3. The minimum atomic E-state index is -3.73. The van der Waals surface area contributed by atoms with Crippen LogP contribution in [0.4, 0.5) is 11.7 Å². The molecule has 0 radical (unpaired) electrons. The van der Waals surface area contributed by atoms with Crippen molar-refractivity contribution < 1.29 is 22.3 Å². The predicted octanol–water partition coefficient (Wildman–Crippen LogP) is 5.22. The molecule has 1 aliphatic rings. The van der Waals surface area contributed by atoms with E-state index in [-0.39, 0.29) is 23.6 Å². The van der Waals surface area contributed by atoms with Crippen molar-refractivity contribution in [3.05, 3.63) is 79.0 Å². The Kier molecular flexibility index (Phi) is 7.04. The van der Waals surface area contributed by atoms with E-state index in [2.05, 4.69) is 27.2 Å². The van der Waals surface area contributed by atoms with E-state index in [1.165, 1.54) is 19.2 Å². The Morgan fingerprint density at radius 1 is 1.00 bits per heavy atom. The van der Waals surface area contributed by atoms with Gasteiger partial charge in [-0.3, -0.25) is 0 Å². The van der Waals surface area contributed by atoms with Crippen LogP contribution in [0, 0.1) is 0 Å². The number of aromatic nitrogens is 1. The molecule has 5 rings (SSSR count). The molecular formula is C27H27N3O5S. The second-order valence-electron chi connectivity index (χ2n) is 8.45. The van der Waals surface area contributed by atoms with Gasteiger partial charge >= 0.3 is 0 Å². The highest BCUT2D eigenvalue weighted by molar-refractivity contribution is 7.89. The van der Waals surface area contributed by atoms with Crippen molar-refractivity contribution in [2.75, 3.05) is 25.6 Å². The summed E-state index contributed by atoms with van der Waals surface area (Å²) in [6, 6.07) is 22.9. The summed E-state index contributed by atoms with van der Waals surface area (Å²) in [6.07, 6.45) is 3.32. The molecule has 1 saturated heterocycles. The number of oxazole rings is 1. The molecule has 9 heteroatoms. The quantitative estimate of drug-likeness (QED) is 0.322. The summed E-state index contributed by atoms with van der Waals surface area (Å²) in [6.45, 7) is 0.903. The van der Waals surface area contributed by atoms with E-state index in [0.29, 0.717) is 23.8 Å². The molecule has 36 heavy (non-hydrogen) atoms. The second kappa shape index (κ2) is 10.5. The number of rotatable bonds is 9. The number of hydrogen-bond donors (Lipinski definition) is 2. The number of anilines is 2. The molecule has 2 heterocycles. The standard InChI is InChI=1S/C27H27N3O5S/c1-33-25-13-12-23(36(31,32)29-17-22-11-6-14-34-22)16-24(25)30-27-28-18-26(35-27)21-10-5-9-20(15-21)19-7-3-2-4-8-19/h2-5,7-10,12-13,15-16,18,22,29H,6,11,14,17H2,1H3,(H,28,30). The third-order valence-electron chi connectivity index (χ3n) is 6.01. The van der Waals surface area contributed by atoms with Gasteiger partial charge in [0, 0.05) is 18.7 Å². The lowest BCUT2D eigenvalue weighted by atomic mass is 10.0. The maximum atomic E-state index is 12.9. The summed E-state index contributed by atoms with van der Waals surface area (Å²) < 4.78 is 45.2. The van der Waals surface area contributed by atoms with Gasteiger partial charge in [0.1, 0.15) is 5.75 Å². The number of ether oxygens (including phenoxy) is 2. The van der Waals surface area contributed by atoms with Crippen LogP contribution in [0.15, 0.2) is 88.3 Å². The predicted molar refractivity (Wildman–Crippen MR) is 138 cm³/mol. The van der Waals surface area contributed by atoms with Gasteiger partial charge in [-0.2, -0.15) is 0 Å². The van der Waals surface area contributed by atoms with Crippen LogP contribution in [0.25, 0.3) is 22.5 Å². The van der Waals surface area contributed by atoms with Crippen molar-refractivity contribution in [2.45, 2.75) is 23.8 Å². The molecule has 0 saturated carbocycles. The first-order chi connectivity index (χ1) is 17.5. The van der Waals surface area contributed by atoms with Gasteiger partial charge in [0.05, 0.1) is 30.0 Å². The van der Waals surface area contributed by atoms with Crippen molar-refractivity contribution in [1.29, 1.82) is 0 Å². The molecular weight excluding hydrogens is 478 g/mol. The topological polar surface area (TPSA) is 103 Å². The van der Waals surface area contributed by atoms with Gasteiger partial charge in [0.25, 0.3) is 6.01 Å². The molecule has 3 aromatic carbocycles. The van der Waals surface area contributed by atoms with Crippen molar-refractivity contribution in [1.82, 2.24) is 9.71 Å². The van der Waals surface area contributed by atoms with E-state index in [1.54, 1.807) is 12.3 Å². The first-order valence-electron chi connectivity index (χ1n) is 11.7. The summed E-state index contributed by atoms with van der Waals surface area (Å²) in [5.41, 5.74) is 3.46. The lowest BCUT2D eigenvalue weighted by Gasteiger charge is -2.14. The molecule has 186 valence electrons. The summed E-state index contributed by atoms with van der Waals surface area (Å²) in [5, 5.41) is 3.05. The first kappa shape index (κ1) is 24.1. The Hall–Kier alpha value is -3.66. The Balaban J connectivity index is 1.35. The van der Waals surface area contributed by atoms with Crippen LogP contribution in [-0.4, -0.2) is 39.8 Å². The van der Waals surface area contributed by atoms with Gasteiger partial charge < -0.3 is 19.2 Å². The molecule has 0 spiro atoms. The maximum absolute atomic E-state index is 12.9. The molecule has 0 amide bonds. The molecule has 1 unspecified atom stereocenters. The van der Waals surface area contributed by atoms with Crippen LogP contribution < -0.4 is 14.8 Å². The molecule has 8 nitrogen and oxygen atoms in total. The Morgan fingerprint density at radius 3 is 2.58 bits per heavy atom. The number of nitrogens with one attached hydrogen (secondary N) is 2. The minimum Gasteiger partial charge on any atom is -0.495 e. The fraction of sp³-hybridized carbons (Fsp3) is 0.222. The minimum absolute atomic E-state index is 0.0956. The summed E-state index contributed by atoms with van der Waals surface area (Å²) in [5.74, 6) is 1.04. The van der Waals surface area contributed by atoms with E-state index in [1.807, 2.05) is 42.5 Å². The van der Waals surface area contributed by atoms with Gasteiger partial charge in [-0.1, -0.05) is 48.5 Å². The van der Waals surface area contributed by atoms with Gasteiger partial charge in [-0.05, 0) is 48.2 Å². The number of hydrogen-bond acceptors (Lipinski definition) is 7. The van der Waals surface area contributed by atoms with Crippen LogP contribution in [0.3, 0.4) is 0 Å². The van der Waals surface area contributed by atoms with E-state index in [0.717, 1.165) is 29.5 Å². The van der Waals surface area contributed by atoms with Crippen molar-refractivity contribution in [3.8, 4) is 28.2 Å². The van der Waals surface area contributed by atoms with Crippen molar-refractivity contribution in [2.24, 2.45) is 0 Å². The average molecular weight is 506 g/mol. The fourth-order valence-electron chi connectivity index (χ4n) is 4.11. The van der Waals surface area contributed by atoms with Crippen molar-refractivity contribution in [3.63, 3.8) is 0 Å². The van der Waals surface area contributed by atoms with Gasteiger partial charge in [0.15, 0.2) is 5.76 Å². The third-order valence-corrected chi connectivity index (χ3v) is 7.43. The summed E-state index contributed by atoms with van der Waals surface area (Å²) in [7, 11) is -2.22. The first-order valence-corrected chi connectivity index (χ1v) is 13.2. The van der Waals surface area contributed by atoms with Crippen molar-refractivity contribution >= 4 is 21.7 Å². The van der Waals surface area contributed by atoms with Gasteiger partial charge in [0.2, 0.25) is 10.0 Å². The number of sulfonamides is 1. The summed E-state index contributed by atoms with van der Waals surface area (Å²) >= 11 is 0. The van der Waals surface area contributed by atoms with E-state index in [9.17, 15) is 8.42 Å². The molecule has 0 bridgehead atoms. The van der Waals surface area contributed by atoms with Crippen LogP contribution in [0.1, 0.15) is 12.8 Å². The smallest absolute Gasteiger partial charge is 0.299 e. The average Bonchev–Trinajstić information content (AvgIpc) is 3.61. The molecule has 1 atom stereocenters. The van der Waals surface area contributed by atoms with E-state index >= 15 is 0 Å². The fourth-order valence-corrected chi connectivity index (χ4v) is 5.20. The van der Waals surface area contributed by atoms with Gasteiger partial charge in [-0.25, -0.2) is 18.1 Å². The van der Waals surface area contributed by atoms with E-state index in [4.69, 9.17) is 13.9 Å². The zero-order valence-electron chi connectivity index (χ0n) is 19.8. The molecule has 2 N–H and O–H groups in total. The van der Waals surface area contributed by atoms with Crippen LogP contribution in [0.2, 0.25) is 0 Å². The molecule has 4 aromatic rings. The largest absolute Gasteiger partial charge is 0.495 e. The zero-order chi connectivity index (χ0) is 25.0. The monoisotopic (exact) mass is 505 g/mol. The zero-order valence-corrected chi connectivity index (χ0v) is 20.6. The third kappa shape index (κ3) is 5.43. The Bertz CT molecular complexity index is 1430. The van der Waals surface area contributed by atoms with Crippen LogP contribution >= 0.6 is 0 Å². The SMILES string of the molecule is COc1ccc(S(=O)(=O)NCC2CCCO2)cc1Nc1ncc(-c2cccc(-c3ccccc3)c2)o1. The molecule has 0 aliphatic carbocycles. The highest BCUT2D eigenvalue weighted by atomic mass is 32.2. The normalized spacial score (nSPS) is 15.6. The highest BCUT2D eigenvalue weighted by Gasteiger charge is 2.22. The maximum Gasteiger partial charge on any atom is 0.299 e. The van der Waals surface area contributed by atoms with E-state index < -0.39 is 10.0 Å². The number of nitrogens with zero attached hydrogens (tertiary/aromatic N) is 1. The lowest BCUT2D eigenvalue weighted by Crippen LogP contribution is -2.31. The Labute approximate surface area is 210 Å². The molecule has 1 fully saturated rings.